The highest BCUT2D eigenvalue weighted by Crippen LogP contribution is 2.21. The fourth-order valence-corrected chi connectivity index (χ4v) is 2.23. The number of benzene rings is 1. The predicted octanol–water partition coefficient (Wildman–Crippen LogP) is 3.00. The molecule has 1 aromatic heterocycles. The van der Waals surface area contributed by atoms with Gasteiger partial charge in [0.2, 0.25) is 0 Å². The van der Waals surface area contributed by atoms with E-state index in [0.717, 1.165) is 23.6 Å². The Kier molecular flexibility index (Phi) is 4.73. The highest BCUT2D eigenvalue weighted by molar-refractivity contribution is 7.09. The van der Waals surface area contributed by atoms with E-state index in [1.807, 2.05) is 23.6 Å². The molecular weight excluding hydrogens is 244 g/mol. The summed E-state index contributed by atoms with van der Waals surface area (Å²) in [5, 5.41) is 2.95. The van der Waals surface area contributed by atoms with Crippen LogP contribution in [0.15, 0.2) is 35.8 Å². The Balaban J connectivity index is 2.02. The third-order valence-corrected chi connectivity index (χ3v) is 3.57. The first-order chi connectivity index (χ1) is 8.79. The van der Waals surface area contributed by atoms with Gasteiger partial charge in [-0.05, 0) is 24.5 Å². The van der Waals surface area contributed by atoms with Crippen LogP contribution in [0, 0.1) is 0 Å². The molecule has 1 atom stereocenters. The second-order valence-corrected chi connectivity index (χ2v) is 5.17. The van der Waals surface area contributed by atoms with E-state index in [0.29, 0.717) is 6.61 Å². The Morgan fingerprint density at radius 1 is 1.39 bits per heavy atom. The van der Waals surface area contributed by atoms with Gasteiger partial charge in [-0.25, -0.2) is 4.98 Å². The Hall–Kier alpha value is -1.39. The first kappa shape index (κ1) is 13.1. The third-order valence-electron chi connectivity index (χ3n) is 2.81. The average molecular weight is 262 g/mol. The number of ether oxygens (including phenoxy) is 1. The standard InChI is InChI=1S/C14H18N2OS/c1-2-12(15)9-11-5-3-4-6-13(11)17-10-14-16-7-8-18-14/h3-8,12H,2,9-10,15H2,1H3. The first-order valence-corrected chi connectivity index (χ1v) is 7.02. The predicted molar refractivity (Wildman–Crippen MR) is 74.9 cm³/mol. The molecule has 0 saturated carbocycles. The van der Waals surface area contributed by atoms with E-state index >= 15 is 0 Å². The molecule has 18 heavy (non-hydrogen) atoms. The van der Waals surface area contributed by atoms with Crippen LogP contribution in [0.5, 0.6) is 5.75 Å². The number of nitrogens with two attached hydrogens (primary N) is 1. The fourth-order valence-electron chi connectivity index (χ4n) is 1.70. The van der Waals surface area contributed by atoms with Gasteiger partial charge in [-0.1, -0.05) is 25.1 Å². The molecule has 4 heteroatoms. The van der Waals surface area contributed by atoms with Crippen molar-refractivity contribution >= 4 is 11.3 Å². The molecule has 3 nitrogen and oxygen atoms in total. The van der Waals surface area contributed by atoms with Crippen molar-refractivity contribution in [2.75, 3.05) is 0 Å². The van der Waals surface area contributed by atoms with E-state index in [-0.39, 0.29) is 6.04 Å². The molecule has 1 aromatic carbocycles. The minimum Gasteiger partial charge on any atom is -0.486 e. The quantitative estimate of drug-likeness (QED) is 0.870. The smallest absolute Gasteiger partial charge is 0.140 e. The molecule has 0 aliphatic rings. The van der Waals surface area contributed by atoms with Gasteiger partial charge in [-0.3, -0.25) is 0 Å². The van der Waals surface area contributed by atoms with Crippen molar-refractivity contribution in [1.82, 2.24) is 4.98 Å². The molecule has 96 valence electrons. The van der Waals surface area contributed by atoms with Gasteiger partial charge in [0.1, 0.15) is 17.4 Å². The molecule has 2 N–H and O–H groups in total. The lowest BCUT2D eigenvalue weighted by Crippen LogP contribution is -2.21. The molecule has 0 amide bonds. The molecule has 0 aliphatic carbocycles. The zero-order valence-electron chi connectivity index (χ0n) is 10.5. The Morgan fingerprint density at radius 2 is 2.22 bits per heavy atom. The Labute approximate surface area is 112 Å². The second kappa shape index (κ2) is 6.52. The molecular formula is C14H18N2OS. The zero-order valence-corrected chi connectivity index (χ0v) is 11.3. The number of para-hydroxylation sites is 1. The number of hydrogen-bond acceptors (Lipinski definition) is 4. The molecule has 0 radical (unpaired) electrons. The topological polar surface area (TPSA) is 48.1 Å². The third kappa shape index (κ3) is 3.55. The minimum atomic E-state index is 0.189. The van der Waals surface area contributed by atoms with Crippen molar-refractivity contribution < 1.29 is 4.74 Å². The van der Waals surface area contributed by atoms with Gasteiger partial charge in [0.25, 0.3) is 0 Å². The largest absolute Gasteiger partial charge is 0.486 e. The molecule has 2 aromatic rings. The van der Waals surface area contributed by atoms with Gasteiger partial charge in [0.15, 0.2) is 0 Å². The van der Waals surface area contributed by atoms with Crippen molar-refractivity contribution in [1.29, 1.82) is 0 Å². The van der Waals surface area contributed by atoms with E-state index in [4.69, 9.17) is 10.5 Å². The molecule has 0 fully saturated rings. The second-order valence-electron chi connectivity index (χ2n) is 4.19. The van der Waals surface area contributed by atoms with Crippen LogP contribution in [0.3, 0.4) is 0 Å². The summed E-state index contributed by atoms with van der Waals surface area (Å²) in [6.45, 7) is 2.62. The van der Waals surface area contributed by atoms with E-state index in [2.05, 4.69) is 18.0 Å². The van der Waals surface area contributed by atoms with E-state index in [1.54, 1.807) is 17.5 Å². The van der Waals surface area contributed by atoms with Crippen LogP contribution < -0.4 is 10.5 Å². The van der Waals surface area contributed by atoms with Gasteiger partial charge >= 0.3 is 0 Å². The molecule has 0 saturated heterocycles. The molecule has 1 heterocycles. The number of thiazole rings is 1. The number of hydrogen-bond donors (Lipinski definition) is 1. The number of aromatic nitrogens is 1. The van der Waals surface area contributed by atoms with E-state index < -0.39 is 0 Å². The van der Waals surface area contributed by atoms with E-state index in [9.17, 15) is 0 Å². The van der Waals surface area contributed by atoms with Crippen molar-refractivity contribution in [2.45, 2.75) is 32.4 Å². The maximum absolute atomic E-state index is 6.00. The van der Waals surface area contributed by atoms with Crippen molar-refractivity contribution in [2.24, 2.45) is 5.73 Å². The summed E-state index contributed by atoms with van der Waals surface area (Å²) in [7, 11) is 0. The van der Waals surface area contributed by atoms with Crippen LogP contribution in [0.4, 0.5) is 0 Å². The lowest BCUT2D eigenvalue weighted by molar-refractivity contribution is 0.301. The molecule has 0 spiro atoms. The van der Waals surface area contributed by atoms with Gasteiger partial charge in [0, 0.05) is 17.6 Å². The lowest BCUT2D eigenvalue weighted by Gasteiger charge is -2.13. The van der Waals surface area contributed by atoms with Gasteiger partial charge in [-0.15, -0.1) is 11.3 Å². The molecule has 0 aliphatic heterocycles. The fraction of sp³-hybridized carbons (Fsp3) is 0.357. The number of rotatable bonds is 6. The zero-order chi connectivity index (χ0) is 12.8. The van der Waals surface area contributed by atoms with E-state index in [1.165, 1.54) is 5.56 Å². The SMILES string of the molecule is CCC(N)Cc1ccccc1OCc1nccs1. The summed E-state index contributed by atoms with van der Waals surface area (Å²) in [4.78, 5) is 4.21. The minimum absolute atomic E-state index is 0.189. The van der Waals surface area contributed by atoms with Crippen LogP contribution in [-0.2, 0) is 13.0 Å². The first-order valence-electron chi connectivity index (χ1n) is 6.14. The monoisotopic (exact) mass is 262 g/mol. The van der Waals surface area contributed by atoms with Crippen molar-refractivity contribution in [3.05, 3.63) is 46.4 Å². The summed E-state index contributed by atoms with van der Waals surface area (Å²) in [5.41, 5.74) is 7.17. The lowest BCUT2D eigenvalue weighted by atomic mass is 10.0. The van der Waals surface area contributed by atoms with Crippen LogP contribution in [0.1, 0.15) is 23.9 Å². The normalized spacial score (nSPS) is 12.3. The molecule has 0 bridgehead atoms. The Bertz CT molecular complexity index is 470. The Morgan fingerprint density at radius 3 is 2.94 bits per heavy atom. The number of nitrogens with zero attached hydrogens (tertiary/aromatic N) is 1. The van der Waals surface area contributed by atoms with Crippen LogP contribution in [-0.4, -0.2) is 11.0 Å². The van der Waals surface area contributed by atoms with Crippen LogP contribution in [0.25, 0.3) is 0 Å². The van der Waals surface area contributed by atoms with Crippen molar-refractivity contribution in [3.8, 4) is 5.75 Å². The highest BCUT2D eigenvalue weighted by Gasteiger charge is 2.08. The summed E-state index contributed by atoms with van der Waals surface area (Å²) in [6, 6.07) is 8.26. The van der Waals surface area contributed by atoms with Gasteiger partial charge < -0.3 is 10.5 Å². The molecule has 2 rings (SSSR count). The summed E-state index contributed by atoms with van der Waals surface area (Å²) in [5.74, 6) is 0.914. The van der Waals surface area contributed by atoms with Gasteiger partial charge in [0.05, 0.1) is 0 Å². The summed E-state index contributed by atoms with van der Waals surface area (Å²) >= 11 is 1.61. The van der Waals surface area contributed by atoms with Crippen LogP contribution in [0.2, 0.25) is 0 Å². The maximum atomic E-state index is 6.00. The highest BCUT2D eigenvalue weighted by atomic mass is 32.1. The van der Waals surface area contributed by atoms with Crippen molar-refractivity contribution in [3.63, 3.8) is 0 Å². The average Bonchev–Trinajstić information content (AvgIpc) is 2.91. The van der Waals surface area contributed by atoms with Crippen LogP contribution >= 0.6 is 11.3 Å². The molecule has 1 unspecified atom stereocenters. The summed E-state index contributed by atoms with van der Waals surface area (Å²) < 4.78 is 5.82. The summed E-state index contributed by atoms with van der Waals surface area (Å²) in [6.07, 6.45) is 3.62. The maximum Gasteiger partial charge on any atom is 0.140 e. The van der Waals surface area contributed by atoms with Gasteiger partial charge in [-0.2, -0.15) is 0 Å².